The number of carbonyl (C=O) groups excluding carboxylic acids is 1. The molecule has 0 aliphatic heterocycles. The summed E-state index contributed by atoms with van der Waals surface area (Å²) in [7, 11) is 0. The van der Waals surface area contributed by atoms with Gasteiger partial charge < -0.3 is 0 Å². The minimum absolute atomic E-state index is 0.0213. The summed E-state index contributed by atoms with van der Waals surface area (Å²) in [6, 6.07) is 27.2. The molecule has 0 spiro atoms. The molecule has 24 heavy (non-hydrogen) atoms. The average molecular weight is 309 g/mol. The van der Waals surface area contributed by atoms with Crippen LogP contribution in [0.2, 0.25) is 0 Å². The first-order chi connectivity index (χ1) is 11.8. The molecular weight excluding hydrogens is 294 g/mol. The van der Waals surface area contributed by atoms with Crippen LogP contribution in [0, 0.1) is 0 Å². The van der Waals surface area contributed by atoms with E-state index in [0.29, 0.717) is 5.56 Å². The first-order valence-electron chi connectivity index (χ1n) is 7.87. The first kappa shape index (κ1) is 14.3. The summed E-state index contributed by atoms with van der Waals surface area (Å²) < 4.78 is 0. The van der Waals surface area contributed by atoms with Gasteiger partial charge in [-0.05, 0) is 22.9 Å². The summed E-state index contributed by atoms with van der Waals surface area (Å²) in [6.45, 7) is 0. The molecule has 0 saturated heterocycles. The fourth-order valence-electron chi connectivity index (χ4n) is 3.00. The first-order valence-corrected chi connectivity index (χ1v) is 7.87. The van der Waals surface area contributed by atoms with Gasteiger partial charge in [-0.2, -0.15) is 0 Å². The van der Waals surface area contributed by atoms with Crippen molar-refractivity contribution in [2.45, 2.75) is 0 Å². The van der Waals surface area contributed by atoms with Crippen LogP contribution in [0.5, 0.6) is 0 Å². The lowest BCUT2D eigenvalue weighted by Crippen LogP contribution is -2.04. The molecule has 0 atom stereocenters. The van der Waals surface area contributed by atoms with Crippen molar-refractivity contribution >= 4 is 16.6 Å². The zero-order valence-electron chi connectivity index (χ0n) is 13.0. The molecule has 2 nitrogen and oxygen atoms in total. The minimum Gasteiger partial charge on any atom is -0.289 e. The van der Waals surface area contributed by atoms with E-state index in [1.54, 1.807) is 6.20 Å². The van der Waals surface area contributed by atoms with Crippen molar-refractivity contribution in [3.63, 3.8) is 0 Å². The fourth-order valence-corrected chi connectivity index (χ4v) is 3.00. The number of rotatable bonds is 3. The fraction of sp³-hybridized carbons (Fsp3) is 0. The van der Waals surface area contributed by atoms with Crippen LogP contribution < -0.4 is 0 Å². The highest BCUT2D eigenvalue weighted by Gasteiger charge is 2.16. The van der Waals surface area contributed by atoms with Gasteiger partial charge in [0.25, 0.3) is 0 Å². The van der Waals surface area contributed by atoms with E-state index in [1.807, 2.05) is 84.9 Å². The van der Waals surface area contributed by atoms with Gasteiger partial charge in [0.15, 0.2) is 5.78 Å². The third kappa shape index (κ3) is 2.48. The number of ketones is 1. The van der Waals surface area contributed by atoms with Gasteiger partial charge in [-0.25, -0.2) is 0 Å². The molecule has 0 bridgehead atoms. The third-order valence-electron chi connectivity index (χ3n) is 4.15. The quantitative estimate of drug-likeness (QED) is 0.491. The molecule has 4 aromatic rings. The number of pyridine rings is 1. The number of hydrogen-bond acceptors (Lipinski definition) is 2. The van der Waals surface area contributed by atoms with E-state index >= 15 is 0 Å². The van der Waals surface area contributed by atoms with E-state index in [1.165, 1.54) is 0 Å². The van der Waals surface area contributed by atoms with Gasteiger partial charge in [0.1, 0.15) is 0 Å². The van der Waals surface area contributed by atoms with Gasteiger partial charge in [0.2, 0.25) is 0 Å². The Morgan fingerprint density at radius 1 is 0.667 bits per heavy atom. The molecule has 4 rings (SSSR count). The highest BCUT2D eigenvalue weighted by atomic mass is 16.1. The van der Waals surface area contributed by atoms with Crippen LogP contribution >= 0.6 is 0 Å². The highest BCUT2D eigenvalue weighted by molar-refractivity contribution is 6.18. The zero-order valence-corrected chi connectivity index (χ0v) is 13.0. The minimum atomic E-state index is 0.0213. The summed E-state index contributed by atoms with van der Waals surface area (Å²) in [4.78, 5) is 17.6. The van der Waals surface area contributed by atoms with Gasteiger partial charge in [0, 0.05) is 22.9 Å². The number of fused-ring (bicyclic) bond motifs is 1. The summed E-state index contributed by atoms with van der Waals surface area (Å²) in [5.74, 6) is 0.0213. The molecule has 2 heteroatoms. The Kier molecular flexibility index (Phi) is 3.64. The van der Waals surface area contributed by atoms with Crippen molar-refractivity contribution < 1.29 is 4.79 Å². The molecule has 0 fully saturated rings. The molecule has 0 amide bonds. The van der Waals surface area contributed by atoms with E-state index in [4.69, 9.17) is 0 Å². The van der Waals surface area contributed by atoms with Gasteiger partial charge in [0.05, 0.1) is 5.69 Å². The second-order valence-corrected chi connectivity index (χ2v) is 5.62. The number of aromatic nitrogens is 1. The topological polar surface area (TPSA) is 30.0 Å². The molecule has 0 aliphatic carbocycles. The van der Waals surface area contributed by atoms with E-state index in [2.05, 4.69) is 4.98 Å². The molecular formula is C22H15NO. The van der Waals surface area contributed by atoms with Crippen molar-refractivity contribution in [1.82, 2.24) is 4.98 Å². The molecule has 0 aliphatic rings. The Hall–Kier alpha value is -3.26. The van der Waals surface area contributed by atoms with Crippen LogP contribution in [0.25, 0.3) is 22.0 Å². The van der Waals surface area contributed by atoms with Gasteiger partial charge in [-0.15, -0.1) is 0 Å². The Labute approximate surface area is 140 Å². The van der Waals surface area contributed by atoms with Crippen molar-refractivity contribution in [1.29, 1.82) is 0 Å². The molecule has 0 saturated carbocycles. The monoisotopic (exact) mass is 309 g/mol. The van der Waals surface area contributed by atoms with Crippen LogP contribution in [0.15, 0.2) is 91.1 Å². The Bertz CT molecular complexity index is 1020. The standard InChI is InChI=1S/C22H15NO/c24-22(19-13-7-9-16-8-1-2-10-17(16)19)20-12-4-3-11-18(20)21-14-5-6-15-23-21/h1-15H. The number of benzene rings is 3. The maximum absolute atomic E-state index is 13.2. The summed E-state index contributed by atoms with van der Waals surface area (Å²) in [6.07, 6.45) is 1.74. The van der Waals surface area contributed by atoms with E-state index in [0.717, 1.165) is 27.6 Å². The van der Waals surface area contributed by atoms with Crippen molar-refractivity contribution in [3.05, 3.63) is 102 Å². The van der Waals surface area contributed by atoms with Crippen LogP contribution in [-0.2, 0) is 0 Å². The molecule has 3 aromatic carbocycles. The Morgan fingerprint density at radius 3 is 2.25 bits per heavy atom. The third-order valence-corrected chi connectivity index (χ3v) is 4.15. The van der Waals surface area contributed by atoms with E-state index in [-0.39, 0.29) is 5.78 Å². The van der Waals surface area contributed by atoms with Crippen LogP contribution in [0.3, 0.4) is 0 Å². The summed E-state index contributed by atoms with van der Waals surface area (Å²) in [5, 5.41) is 2.04. The van der Waals surface area contributed by atoms with Gasteiger partial charge in [-0.1, -0.05) is 72.8 Å². The number of nitrogens with zero attached hydrogens (tertiary/aromatic N) is 1. The molecule has 0 radical (unpaired) electrons. The molecule has 1 aromatic heterocycles. The zero-order chi connectivity index (χ0) is 16.4. The number of carbonyl (C=O) groups is 1. The second-order valence-electron chi connectivity index (χ2n) is 5.62. The lowest BCUT2D eigenvalue weighted by molar-refractivity contribution is 0.104. The molecule has 114 valence electrons. The normalized spacial score (nSPS) is 10.7. The largest absolute Gasteiger partial charge is 0.289 e. The second kappa shape index (κ2) is 6.09. The van der Waals surface area contributed by atoms with E-state index in [9.17, 15) is 4.79 Å². The van der Waals surface area contributed by atoms with Crippen molar-refractivity contribution in [2.75, 3.05) is 0 Å². The lowest BCUT2D eigenvalue weighted by atomic mass is 9.93. The van der Waals surface area contributed by atoms with Gasteiger partial charge >= 0.3 is 0 Å². The van der Waals surface area contributed by atoms with Crippen LogP contribution in [-0.4, -0.2) is 10.8 Å². The average Bonchev–Trinajstić information content (AvgIpc) is 2.68. The maximum Gasteiger partial charge on any atom is 0.194 e. The lowest BCUT2D eigenvalue weighted by Gasteiger charge is -2.10. The predicted molar refractivity (Wildman–Crippen MR) is 97.1 cm³/mol. The smallest absolute Gasteiger partial charge is 0.194 e. The maximum atomic E-state index is 13.2. The van der Waals surface area contributed by atoms with Crippen molar-refractivity contribution in [3.8, 4) is 11.3 Å². The predicted octanol–water partition coefficient (Wildman–Crippen LogP) is 5.13. The summed E-state index contributed by atoms with van der Waals surface area (Å²) >= 11 is 0. The molecule has 0 unspecified atom stereocenters. The number of hydrogen-bond donors (Lipinski definition) is 0. The van der Waals surface area contributed by atoms with Crippen molar-refractivity contribution in [2.24, 2.45) is 0 Å². The Morgan fingerprint density at radius 2 is 1.38 bits per heavy atom. The van der Waals surface area contributed by atoms with Gasteiger partial charge in [-0.3, -0.25) is 9.78 Å². The van der Waals surface area contributed by atoms with Crippen LogP contribution in [0.4, 0.5) is 0 Å². The molecule has 0 N–H and O–H groups in total. The SMILES string of the molecule is O=C(c1ccccc1-c1ccccn1)c1cccc2ccccc12. The highest BCUT2D eigenvalue weighted by Crippen LogP contribution is 2.27. The Balaban J connectivity index is 1.89. The summed E-state index contributed by atoms with van der Waals surface area (Å²) in [5.41, 5.74) is 3.06. The van der Waals surface area contributed by atoms with E-state index < -0.39 is 0 Å². The van der Waals surface area contributed by atoms with Crippen LogP contribution in [0.1, 0.15) is 15.9 Å². The molecule has 1 heterocycles.